The van der Waals surface area contributed by atoms with E-state index in [1.54, 1.807) is 37.6 Å². The first-order chi connectivity index (χ1) is 16.5. The monoisotopic (exact) mass is 477 g/mol. The molecule has 0 aliphatic heterocycles. The fourth-order valence-corrected chi connectivity index (χ4v) is 4.08. The Balaban J connectivity index is 1.65. The van der Waals surface area contributed by atoms with Gasteiger partial charge in [0.2, 0.25) is 0 Å². The number of nitrogens with zero attached hydrogens (tertiary/aromatic N) is 3. The molecule has 2 heterocycles. The lowest BCUT2D eigenvalue weighted by Gasteiger charge is -2.13. The Bertz CT molecular complexity index is 1320. The van der Waals surface area contributed by atoms with Crippen molar-refractivity contribution in [2.45, 2.75) is 39.7 Å². The number of amides is 2. The Morgan fingerprint density at radius 2 is 1.97 bits per heavy atom. The zero-order valence-corrected chi connectivity index (χ0v) is 20.3. The molecule has 0 spiro atoms. The van der Waals surface area contributed by atoms with E-state index in [1.165, 1.54) is 0 Å². The number of hydrogen-bond donors (Lipinski definition) is 2. The van der Waals surface area contributed by atoms with Crippen LogP contribution in [-0.4, -0.2) is 27.7 Å². The quantitative estimate of drug-likeness (QED) is 0.306. The number of rotatable bonds is 8. The maximum atomic E-state index is 12.6. The number of fused-ring (bicyclic) bond motifs is 1. The molecule has 0 fully saturated rings. The number of ether oxygens (including phenoxy) is 1. The molecule has 0 saturated carbocycles. The van der Waals surface area contributed by atoms with Crippen LogP contribution >= 0.6 is 11.6 Å². The topological polar surface area (TPSA) is 81.1 Å². The molecule has 0 aliphatic carbocycles. The molecular formula is C26H28ClN5O2. The maximum absolute atomic E-state index is 12.6. The number of para-hydroxylation sites is 1. The second kappa shape index (κ2) is 10.6. The first-order valence-electron chi connectivity index (χ1n) is 11.3. The number of hydrogen-bond acceptors (Lipinski definition) is 4. The number of anilines is 2. The average Bonchev–Trinajstić information content (AvgIpc) is 3.17. The molecule has 176 valence electrons. The summed E-state index contributed by atoms with van der Waals surface area (Å²) in [7, 11) is 1.68. The van der Waals surface area contributed by atoms with Crippen molar-refractivity contribution in [2.75, 3.05) is 17.7 Å². The van der Waals surface area contributed by atoms with E-state index in [0.717, 1.165) is 53.1 Å². The summed E-state index contributed by atoms with van der Waals surface area (Å²) in [5.41, 5.74) is 4.71. The molecule has 0 unspecified atom stereocenters. The molecule has 2 aromatic heterocycles. The van der Waals surface area contributed by atoms with E-state index in [4.69, 9.17) is 26.3 Å². The van der Waals surface area contributed by atoms with E-state index in [0.29, 0.717) is 22.9 Å². The van der Waals surface area contributed by atoms with Crippen LogP contribution in [0.3, 0.4) is 0 Å². The van der Waals surface area contributed by atoms with Crippen molar-refractivity contribution in [3.8, 4) is 5.75 Å². The molecular weight excluding hydrogens is 450 g/mol. The Morgan fingerprint density at radius 1 is 1.15 bits per heavy atom. The van der Waals surface area contributed by atoms with Gasteiger partial charge < -0.3 is 19.9 Å². The van der Waals surface area contributed by atoms with E-state index in [1.807, 2.05) is 25.1 Å². The van der Waals surface area contributed by atoms with Crippen molar-refractivity contribution in [2.24, 2.45) is 0 Å². The van der Waals surface area contributed by atoms with Gasteiger partial charge in [0.15, 0.2) is 5.65 Å². The first kappa shape index (κ1) is 23.6. The van der Waals surface area contributed by atoms with Crippen molar-refractivity contribution in [1.29, 1.82) is 0 Å². The largest absolute Gasteiger partial charge is 0.496 e. The number of aromatic nitrogens is 3. The van der Waals surface area contributed by atoms with Gasteiger partial charge in [0.1, 0.15) is 17.1 Å². The lowest BCUT2D eigenvalue weighted by atomic mass is 10.2. The van der Waals surface area contributed by atoms with Gasteiger partial charge in [-0.3, -0.25) is 0 Å². The van der Waals surface area contributed by atoms with Gasteiger partial charge in [-0.2, -0.15) is 0 Å². The Morgan fingerprint density at radius 3 is 2.74 bits per heavy atom. The van der Waals surface area contributed by atoms with E-state index >= 15 is 0 Å². The van der Waals surface area contributed by atoms with Crippen LogP contribution in [0.25, 0.3) is 11.2 Å². The number of carbonyl (C=O) groups excluding carboxylic acids is 1. The maximum Gasteiger partial charge on any atom is 0.323 e. The molecule has 7 nitrogen and oxygen atoms in total. The Hall–Kier alpha value is -3.58. The fraction of sp³-hybridized carbons (Fsp3) is 0.269. The van der Waals surface area contributed by atoms with Crippen LogP contribution in [0, 0.1) is 6.92 Å². The zero-order valence-electron chi connectivity index (χ0n) is 19.6. The minimum Gasteiger partial charge on any atom is -0.496 e. The number of nitrogens with one attached hydrogen (secondary N) is 2. The molecule has 0 bridgehead atoms. The summed E-state index contributed by atoms with van der Waals surface area (Å²) < 4.78 is 7.70. The Kier molecular flexibility index (Phi) is 7.33. The normalized spacial score (nSPS) is 10.9. The summed E-state index contributed by atoms with van der Waals surface area (Å²) in [6, 6.07) is 14.6. The number of pyridine rings is 1. The average molecular weight is 478 g/mol. The SMILES string of the molecule is CCCCc1nc2c(C)c(NC(=O)Nc3cccc(Cl)c3)cnc2n1Cc1ccccc1OC. The van der Waals surface area contributed by atoms with E-state index < -0.39 is 0 Å². The molecule has 0 saturated heterocycles. The standard InChI is InChI=1S/C26H28ClN5O2/c1-4-5-13-23-31-24-17(2)21(30-26(33)29-20-11-8-10-19(27)14-20)15-28-25(24)32(23)16-18-9-6-7-12-22(18)34-3/h6-12,14-15H,4-5,13,16H2,1-3H3,(H2,29,30,33). The lowest BCUT2D eigenvalue weighted by Crippen LogP contribution is -2.20. The molecule has 34 heavy (non-hydrogen) atoms. The fourth-order valence-electron chi connectivity index (χ4n) is 3.89. The van der Waals surface area contributed by atoms with Gasteiger partial charge in [0.05, 0.1) is 25.5 Å². The summed E-state index contributed by atoms with van der Waals surface area (Å²) >= 11 is 6.01. The highest BCUT2D eigenvalue weighted by Gasteiger charge is 2.18. The highest BCUT2D eigenvalue weighted by Crippen LogP contribution is 2.27. The number of methoxy groups -OCH3 is 1. The Labute approximate surface area is 204 Å². The van der Waals surface area contributed by atoms with Crippen LogP contribution in [0.15, 0.2) is 54.7 Å². The number of benzene rings is 2. The smallest absolute Gasteiger partial charge is 0.323 e. The summed E-state index contributed by atoms with van der Waals surface area (Å²) in [6.07, 6.45) is 4.63. The van der Waals surface area contributed by atoms with E-state index in [-0.39, 0.29) is 6.03 Å². The second-order valence-corrected chi connectivity index (χ2v) is 8.52. The third kappa shape index (κ3) is 5.15. The van der Waals surface area contributed by atoms with E-state index in [9.17, 15) is 4.79 Å². The zero-order chi connectivity index (χ0) is 24.1. The van der Waals surface area contributed by atoms with Gasteiger partial charge in [0, 0.05) is 28.3 Å². The minimum absolute atomic E-state index is 0.369. The van der Waals surface area contributed by atoms with E-state index in [2.05, 4.69) is 28.2 Å². The number of imidazole rings is 1. The lowest BCUT2D eigenvalue weighted by molar-refractivity contribution is 0.262. The number of urea groups is 1. The van der Waals surface area contributed by atoms with Crippen molar-refractivity contribution < 1.29 is 9.53 Å². The molecule has 0 aliphatic rings. The van der Waals surface area contributed by atoms with Crippen LogP contribution in [0.2, 0.25) is 5.02 Å². The minimum atomic E-state index is -0.369. The van der Waals surface area contributed by atoms with Gasteiger partial charge in [0.25, 0.3) is 0 Å². The number of unbranched alkanes of at least 4 members (excludes halogenated alkanes) is 1. The highest BCUT2D eigenvalue weighted by molar-refractivity contribution is 6.30. The molecule has 2 N–H and O–H groups in total. The summed E-state index contributed by atoms with van der Waals surface area (Å²) in [4.78, 5) is 22.2. The molecule has 2 amide bonds. The third-order valence-electron chi connectivity index (χ3n) is 5.70. The number of carbonyl (C=O) groups is 1. The molecule has 4 aromatic rings. The van der Waals surface area contributed by atoms with Gasteiger partial charge in [-0.15, -0.1) is 0 Å². The van der Waals surface area contributed by atoms with Gasteiger partial charge in [-0.05, 0) is 37.6 Å². The molecule has 0 atom stereocenters. The molecule has 2 aromatic carbocycles. The molecule has 0 radical (unpaired) electrons. The van der Waals surface area contributed by atoms with Crippen molar-refractivity contribution in [3.63, 3.8) is 0 Å². The van der Waals surface area contributed by atoms with Gasteiger partial charge >= 0.3 is 6.03 Å². The van der Waals surface area contributed by atoms with Crippen LogP contribution < -0.4 is 15.4 Å². The number of halogens is 1. The predicted octanol–water partition coefficient (Wildman–Crippen LogP) is 6.44. The summed E-state index contributed by atoms with van der Waals surface area (Å²) in [6.45, 7) is 4.72. The van der Waals surface area contributed by atoms with Crippen molar-refractivity contribution >= 4 is 40.2 Å². The highest BCUT2D eigenvalue weighted by atomic mass is 35.5. The molecule has 4 rings (SSSR count). The van der Waals surface area contributed by atoms with Crippen LogP contribution in [0.4, 0.5) is 16.2 Å². The van der Waals surface area contributed by atoms with Crippen molar-refractivity contribution in [1.82, 2.24) is 14.5 Å². The van der Waals surface area contributed by atoms with Crippen LogP contribution in [0.5, 0.6) is 5.75 Å². The van der Waals surface area contributed by atoms with Crippen molar-refractivity contribution in [3.05, 3.63) is 76.7 Å². The third-order valence-corrected chi connectivity index (χ3v) is 5.94. The summed E-state index contributed by atoms with van der Waals surface area (Å²) in [5, 5.41) is 6.23. The predicted molar refractivity (Wildman–Crippen MR) is 137 cm³/mol. The van der Waals surface area contributed by atoms with Crippen LogP contribution in [0.1, 0.15) is 36.7 Å². The second-order valence-electron chi connectivity index (χ2n) is 8.09. The first-order valence-corrected chi connectivity index (χ1v) is 11.7. The van der Waals surface area contributed by atoms with Gasteiger partial charge in [-0.1, -0.05) is 49.2 Å². The van der Waals surface area contributed by atoms with Gasteiger partial charge in [-0.25, -0.2) is 14.8 Å². The van der Waals surface area contributed by atoms with Crippen LogP contribution in [-0.2, 0) is 13.0 Å². The number of aryl methyl sites for hydroxylation is 2. The summed E-state index contributed by atoms with van der Waals surface area (Å²) in [5.74, 6) is 1.80. The molecule has 8 heteroatoms.